The average Bonchev–Trinajstić information content (AvgIpc) is 2.75. The molecular weight excluding hydrogens is 228 g/mol. The number of anilines is 1. The van der Waals surface area contributed by atoms with Crippen LogP contribution in [0.15, 0.2) is 30.6 Å². The van der Waals surface area contributed by atoms with E-state index < -0.39 is 0 Å². The van der Waals surface area contributed by atoms with E-state index in [2.05, 4.69) is 10.3 Å². The predicted molar refractivity (Wildman–Crippen MR) is 70.0 cm³/mol. The summed E-state index contributed by atoms with van der Waals surface area (Å²) in [5.41, 5.74) is 7.80. The molecule has 94 valence electrons. The maximum absolute atomic E-state index is 12.0. The highest BCUT2D eigenvalue weighted by Crippen LogP contribution is 2.15. The smallest absolute Gasteiger partial charge is 0.251 e. The first-order valence-electron chi connectivity index (χ1n) is 5.69. The Balaban J connectivity index is 2.09. The molecule has 0 aliphatic heterocycles. The van der Waals surface area contributed by atoms with Crippen LogP contribution in [-0.4, -0.2) is 15.5 Å². The molecule has 0 fully saturated rings. The van der Waals surface area contributed by atoms with Gasteiger partial charge in [-0.25, -0.2) is 4.98 Å². The number of nitrogen functional groups attached to an aromatic ring is 1. The van der Waals surface area contributed by atoms with Crippen LogP contribution in [0.3, 0.4) is 0 Å². The summed E-state index contributed by atoms with van der Waals surface area (Å²) in [6.07, 6.45) is 3.54. The van der Waals surface area contributed by atoms with Crippen molar-refractivity contribution in [1.29, 1.82) is 0 Å². The minimum Gasteiger partial charge on any atom is -0.398 e. The van der Waals surface area contributed by atoms with Crippen molar-refractivity contribution < 1.29 is 4.79 Å². The van der Waals surface area contributed by atoms with E-state index in [9.17, 15) is 4.79 Å². The van der Waals surface area contributed by atoms with Crippen LogP contribution >= 0.6 is 0 Å². The zero-order chi connectivity index (χ0) is 13.1. The van der Waals surface area contributed by atoms with Crippen molar-refractivity contribution in [2.45, 2.75) is 13.5 Å². The fourth-order valence-electron chi connectivity index (χ4n) is 1.72. The highest BCUT2D eigenvalue weighted by molar-refractivity contribution is 5.96. The van der Waals surface area contributed by atoms with Gasteiger partial charge in [-0.05, 0) is 24.6 Å². The first-order valence-corrected chi connectivity index (χ1v) is 5.69. The number of hydrogen-bond donors (Lipinski definition) is 2. The molecule has 1 amide bonds. The lowest BCUT2D eigenvalue weighted by atomic mass is 10.1. The second kappa shape index (κ2) is 4.91. The minimum absolute atomic E-state index is 0.136. The molecule has 2 aromatic rings. The number of aryl methyl sites for hydroxylation is 1. The Bertz CT molecular complexity index is 574. The van der Waals surface area contributed by atoms with Gasteiger partial charge in [-0.15, -0.1) is 0 Å². The van der Waals surface area contributed by atoms with Gasteiger partial charge in [0.15, 0.2) is 0 Å². The Kier molecular flexibility index (Phi) is 3.32. The summed E-state index contributed by atoms with van der Waals surface area (Å²) in [5.74, 6) is 0.674. The summed E-state index contributed by atoms with van der Waals surface area (Å²) in [6.45, 7) is 2.24. The van der Waals surface area contributed by atoms with Crippen molar-refractivity contribution in [2.24, 2.45) is 7.05 Å². The van der Waals surface area contributed by atoms with Crippen LogP contribution in [0, 0.1) is 6.92 Å². The third-order valence-corrected chi connectivity index (χ3v) is 2.95. The van der Waals surface area contributed by atoms with Crippen LogP contribution in [0.2, 0.25) is 0 Å². The lowest BCUT2D eigenvalue weighted by Crippen LogP contribution is -2.25. The van der Waals surface area contributed by atoms with Gasteiger partial charge in [0.2, 0.25) is 0 Å². The minimum atomic E-state index is -0.136. The molecule has 0 saturated heterocycles. The normalized spacial score (nSPS) is 10.3. The number of aromatic nitrogens is 2. The summed E-state index contributed by atoms with van der Waals surface area (Å²) >= 11 is 0. The van der Waals surface area contributed by atoms with Gasteiger partial charge in [-0.3, -0.25) is 4.79 Å². The molecular formula is C13H16N4O. The number of imidazole rings is 1. The largest absolute Gasteiger partial charge is 0.398 e. The second-order valence-electron chi connectivity index (χ2n) is 4.16. The number of nitrogens with zero attached hydrogens (tertiary/aromatic N) is 2. The molecule has 18 heavy (non-hydrogen) atoms. The number of hydrogen-bond acceptors (Lipinski definition) is 3. The van der Waals surface area contributed by atoms with E-state index in [0.29, 0.717) is 17.8 Å². The number of rotatable bonds is 3. The summed E-state index contributed by atoms with van der Waals surface area (Å²) in [5, 5.41) is 2.83. The molecule has 0 saturated carbocycles. The van der Waals surface area contributed by atoms with E-state index in [4.69, 9.17) is 5.73 Å². The van der Waals surface area contributed by atoms with E-state index in [-0.39, 0.29) is 5.91 Å². The number of carbonyl (C=O) groups excluding carboxylic acids is 1. The molecule has 5 nitrogen and oxygen atoms in total. The molecule has 1 aromatic heterocycles. The highest BCUT2D eigenvalue weighted by atomic mass is 16.1. The lowest BCUT2D eigenvalue weighted by Gasteiger charge is -2.09. The van der Waals surface area contributed by atoms with E-state index in [1.807, 2.05) is 24.7 Å². The van der Waals surface area contributed by atoms with Crippen LogP contribution in [0.5, 0.6) is 0 Å². The average molecular weight is 244 g/mol. The monoisotopic (exact) mass is 244 g/mol. The summed E-state index contributed by atoms with van der Waals surface area (Å²) in [6, 6.07) is 5.32. The fourth-order valence-corrected chi connectivity index (χ4v) is 1.72. The van der Waals surface area contributed by atoms with Crippen molar-refractivity contribution in [2.75, 3.05) is 5.73 Å². The van der Waals surface area contributed by atoms with Gasteiger partial charge in [-0.2, -0.15) is 0 Å². The van der Waals surface area contributed by atoms with Crippen LogP contribution < -0.4 is 11.1 Å². The van der Waals surface area contributed by atoms with Crippen molar-refractivity contribution in [3.05, 3.63) is 47.5 Å². The van der Waals surface area contributed by atoms with Gasteiger partial charge in [0.25, 0.3) is 5.91 Å². The topological polar surface area (TPSA) is 72.9 Å². The molecule has 5 heteroatoms. The second-order valence-corrected chi connectivity index (χ2v) is 4.16. The predicted octanol–water partition coefficient (Wildman–Crippen LogP) is 1.24. The number of nitrogens with two attached hydrogens (primary N) is 1. The number of nitrogens with one attached hydrogen (secondary N) is 1. The van der Waals surface area contributed by atoms with E-state index in [1.165, 1.54) is 0 Å². The molecule has 0 radical (unpaired) electrons. The van der Waals surface area contributed by atoms with Gasteiger partial charge in [0, 0.05) is 30.7 Å². The van der Waals surface area contributed by atoms with E-state index in [0.717, 1.165) is 11.4 Å². The first-order chi connectivity index (χ1) is 8.59. The van der Waals surface area contributed by atoms with Crippen molar-refractivity contribution in [3.8, 4) is 0 Å². The molecule has 0 aliphatic rings. The van der Waals surface area contributed by atoms with Gasteiger partial charge in [-0.1, -0.05) is 6.07 Å². The summed E-state index contributed by atoms with van der Waals surface area (Å²) in [4.78, 5) is 16.2. The Labute approximate surface area is 106 Å². The molecule has 2 rings (SSSR count). The van der Waals surface area contributed by atoms with Crippen LogP contribution in [-0.2, 0) is 13.6 Å². The standard InChI is InChI=1S/C13H16N4O/c1-9-10(4-3-5-11(9)14)13(18)16-8-12-15-6-7-17(12)2/h3-7H,8,14H2,1-2H3,(H,16,18). The van der Waals surface area contributed by atoms with E-state index in [1.54, 1.807) is 24.4 Å². The van der Waals surface area contributed by atoms with Gasteiger partial charge >= 0.3 is 0 Å². The Morgan fingerprint density at radius 2 is 2.28 bits per heavy atom. The Morgan fingerprint density at radius 3 is 2.94 bits per heavy atom. The van der Waals surface area contributed by atoms with Crippen molar-refractivity contribution >= 4 is 11.6 Å². The zero-order valence-electron chi connectivity index (χ0n) is 10.5. The molecule has 1 heterocycles. The zero-order valence-corrected chi connectivity index (χ0v) is 10.5. The number of carbonyl (C=O) groups is 1. The van der Waals surface area contributed by atoms with Crippen molar-refractivity contribution in [1.82, 2.24) is 14.9 Å². The molecule has 3 N–H and O–H groups in total. The van der Waals surface area contributed by atoms with Crippen LogP contribution in [0.25, 0.3) is 0 Å². The van der Waals surface area contributed by atoms with Crippen molar-refractivity contribution in [3.63, 3.8) is 0 Å². The third kappa shape index (κ3) is 2.34. The Hall–Kier alpha value is -2.30. The van der Waals surface area contributed by atoms with Crippen LogP contribution in [0.1, 0.15) is 21.7 Å². The molecule has 0 bridgehead atoms. The third-order valence-electron chi connectivity index (χ3n) is 2.95. The SMILES string of the molecule is Cc1c(N)cccc1C(=O)NCc1nccn1C. The van der Waals surface area contributed by atoms with E-state index >= 15 is 0 Å². The van der Waals surface area contributed by atoms with Gasteiger partial charge < -0.3 is 15.6 Å². The van der Waals surface area contributed by atoms with Gasteiger partial charge in [0.05, 0.1) is 6.54 Å². The maximum Gasteiger partial charge on any atom is 0.251 e. The fraction of sp³-hybridized carbons (Fsp3) is 0.231. The Morgan fingerprint density at radius 1 is 1.50 bits per heavy atom. The first kappa shape index (κ1) is 12.2. The maximum atomic E-state index is 12.0. The number of amides is 1. The molecule has 0 spiro atoms. The highest BCUT2D eigenvalue weighted by Gasteiger charge is 2.10. The summed E-state index contributed by atoms with van der Waals surface area (Å²) < 4.78 is 1.87. The quantitative estimate of drug-likeness (QED) is 0.798. The molecule has 0 aliphatic carbocycles. The molecule has 1 aromatic carbocycles. The summed E-state index contributed by atoms with van der Waals surface area (Å²) in [7, 11) is 1.89. The van der Waals surface area contributed by atoms with Crippen LogP contribution in [0.4, 0.5) is 5.69 Å². The molecule has 0 atom stereocenters. The molecule has 0 unspecified atom stereocenters. The number of benzene rings is 1. The lowest BCUT2D eigenvalue weighted by molar-refractivity contribution is 0.0949. The van der Waals surface area contributed by atoms with Gasteiger partial charge in [0.1, 0.15) is 5.82 Å².